The van der Waals surface area contributed by atoms with E-state index in [4.69, 9.17) is 9.84 Å². The second-order valence-corrected chi connectivity index (χ2v) is 9.30. The van der Waals surface area contributed by atoms with Crippen molar-refractivity contribution in [2.24, 2.45) is 0 Å². The third-order valence-electron chi connectivity index (χ3n) is 5.86. The zero-order valence-corrected chi connectivity index (χ0v) is 22.4. The van der Waals surface area contributed by atoms with Crippen LogP contribution < -0.4 is 5.32 Å². The highest BCUT2D eigenvalue weighted by molar-refractivity contribution is 5.80. The normalized spacial score (nSPS) is 12.3. The Morgan fingerprint density at radius 3 is 2.09 bits per heavy atom. The van der Waals surface area contributed by atoms with Gasteiger partial charge in [-0.25, -0.2) is 0 Å². The van der Waals surface area contributed by atoms with Crippen LogP contribution in [0.1, 0.15) is 129 Å². The van der Waals surface area contributed by atoms with Crippen LogP contribution in [0.4, 0.5) is 0 Å². The molecule has 1 atom stereocenters. The maximum atomic E-state index is 12.4. The van der Waals surface area contributed by atoms with Crippen molar-refractivity contribution in [1.29, 1.82) is 0 Å². The van der Waals surface area contributed by atoms with E-state index in [1.807, 2.05) is 6.08 Å². The summed E-state index contributed by atoms with van der Waals surface area (Å²) in [6.45, 7) is 4.07. The van der Waals surface area contributed by atoms with Crippen LogP contribution in [0, 0.1) is 0 Å². The molecule has 0 aliphatic heterocycles. The Hall–Kier alpha value is -2.11. The van der Waals surface area contributed by atoms with Crippen molar-refractivity contribution in [2.75, 3.05) is 6.54 Å². The van der Waals surface area contributed by atoms with Gasteiger partial charge in [-0.15, -0.1) is 0 Å². The summed E-state index contributed by atoms with van der Waals surface area (Å²) in [5.41, 5.74) is 0. The van der Waals surface area contributed by atoms with Crippen LogP contribution in [0.5, 0.6) is 0 Å². The van der Waals surface area contributed by atoms with Crippen LogP contribution in [-0.2, 0) is 19.1 Å². The first-order valence-electron chi connectivity index (χ1n) is 14.0. The van der Waals surface area contributed by atoms with Crippen molar-refractivity contribution in [1.82, 2.24) is 5.32 Å². The minimum atomic E-state index is -1.03. The monoisotopic (exact) mass is 493 g/mol. The van der Waals surface area contributed by atoms with Gasteiger partial charge in [0.05, 0.1) is 0 Å². The molecule has 1 amide bonds. The smallest absolute Gasteiger partial charge is 0.322 e. The van der Waals surface area contributed by atoms with Crippen molar-refractivity contribution in [3.63, 3.8) is 0 Å². The highest BCUT2D eigenvalue weighted by atomic mass is 16.5. The first-order chi connectivity index (χ1) is 17.0. The lowest BCUT2D eigenvalue weighted by atomic mass is 10.1. The number of unbranched alkanes of at least 4 members (excludes halogenated alkanes) is 11. The molecule has 202 valence electrons. The molecule has 0 aromatic heterocycles. The molecule has 0 rings (SSSR count). The maximum absolute atomic E-state index is 12.4. The highest BCUT2D eigenvalue weighted by Crippen LogP contribution is 2.14. The van der Waals surface area contributed by atoms with E-state index in [2.05, 4.69) is 37.4 Å². The second kappa shape index (κ2) is 25.0. The number of carboxylic acids is 1. The van der Waals surface area contributed by atoms with Gasteiger partial charge in [0.15, 0.2) is 0 Å². The molecule has 0 radical (unpaired) electrons. The summed E-state index contributed by atoms with van der Waals surface area (Å²) >= 11 is 0. The average molecular weight is 494 g/mol. The topological polar surface area (TPSA) is 92.7 Å². The molecule has 0 fully saturated rings. The lowest BCUT2D eigenvalue weighted by molar-refractivity contribution is -0.147. The van der Waals surface area contributed by atoms with E-state index in [9.17, 15) is 14.4 Å². The third kappa shape index (κ3) is 24.8. The summed E-state index contributed by atoms with van der Waals surface area (Å²) in [5.74, 6) is -1.36. The molecule has 6 heteroatoms. The van der Waals surface area contributed by atoms with Crippen LogP contribution in [0.2, 0.25) is 0 Å². The zero-order valence-electron chi connectivity index (χ0n) is 22.4. The summed E-state index contributed by atoms with van der Waals surface area (Å²) in [4.78, 5) is 34.4. The molecule has 0 heterocycles. The molecule has 6 nitrogen and oxygen atoms in total. The number of amides is 1. The van der Waals surface area contributed by atoms with Crippen LogP contribution in [0.25, 0.3) is 0 Å². The van der Waals surface area contributed by atoms with E-state index in [0.717, 1.165) is 57.8 Å². The number of aliphatic carboxylic acids is 1. The van der Waals surface area contributed by atoms with Gasteiger partial charge in [0.2, 0.25) is 5.91 Å². The Morgan fingerprint density at radius 1 is 0.771 bits per heavy atom. The average Bonchev–Trinajstić information content (AvgIpc) is 2.83. The van der Waals surface area contributed by atoms with Gasteiger partial charge >= 0.3 is 11.9 Å². The minimum absolute atomic E-state index is 0.109. The van der Waals surface area contributed by atoms with Crippen LogP contribution in [-0.4, -0.2) is 35.6 Å². The maximum Gasteiger partial charge on any atom is 0.322 e. The minimum Gasteiger partial charge on any atom is -0.480 e. The van der Waals surface area contributed by atoms with Crippen molar-refractivity contribution in [3.05, 3.63) is 24.3 Å². The van der Waals surface area contributed by atoms with Gasteiger partial charge < -0.3 is 15.2 Å². The Balaban J connectivity index is 4.28. The van der Waals surface area contributed by atoms with Gasteiger partial charge in [-0.3, -0.25) is 14.4 Å². The van der Waals surface area contributed by atoms with Crippen LogP contribution >= 0.6 is 0 Å². The molecule has 0 spiro atoms. The third-order valence-corrected chi connectivity index (χ3v) is 5.86. The lowest BCUT2D eigenvalue weighted by Gasteiger charge is -2.14. The van der Waals surface area contributed by atoms with Crippen molar-refractivity contribution in [3.8, 4) is 0 Å². The lowest BCUT2D eigenvalue weighted by Crippen LogP contribution is -2.28. The van der Waals surface area contributed by atoms with E-state index in [-0.39, 0.29) is 24.5 Å². The Morgan fingerprint density at radius 2 is 1.40 bits per heavy atom. The van der Waals surface area contributed by atoms with Crippen molar-refractivity contribution in [2.45, 2.75) is 136 Å². The van der Waals surface area contributed by atoms with Crippen molar-refractivity contribution < 1.29 is 24.2 Å². The second-order valence-electron chi connectivity index (χ2n) is 9.30. The molecular formula is C29H51NO5. The summed E-state index contributed by atoms with van der Waals surface area (Å²) in [6, 6.07) is 0. The molecule has 0 saturated carbocycles. The number of esters is 1. The number of carbonyl (C=O) groups is 3. The van der Waals surface area contributed by atoms with Gasteiger partial charge in [0, 0.05) is 12.8 Å². The zero-order chi connectivity index (χ0) is 26.0. The molecular weight excluding hydrogens is 442 g/mol. The molecule has 0 aliphatic rings. The number of hydrogen-bond acceptors (Lipinski definition) is 4. The van der Waals surface area contributed by atoms with Gasteiger partial charge in [-0.05, 0) is 44.6 Å². The van der Waals surface area contributed by atoms with Gasteiger partial charge in [0.25, 0.3) is 0 Å². The number of allylic oxidation sites excluding steroid dienone is 3. The van der Waals surface area contributed by atoms with Crippen LogP contribution in [0.15, 0.2) is 24.3 Å². The molecule has 0 aromatic carbocycles. The quantitative estimate of drug-likeness (QED) is 0.0837. The van der Waals surface area contributed by atoms with Gasteiger partial charge in [-0.2, -0.15) is 0 Å². The molecule has 1 unspecified atom stereocenters. The number of carbonyl (C=O) groups excluding carboxylic acids is 2. The SMILES string of the molecule is CCCC/C=C\C/C=C\C(CCCCCCC(=O)NCC(=O)O)OC(=O)CCCCCCCCC. The van der Waals surface area contributed by atoms with E-state index in [1.165, 1.54) is 44.9 Å². The molecule has 2 N–H and O–H groups in total. The fourth-order valence-corrected chi connectivity index (χ4v) is 3.74. The number of rotatable bonds is 24. The van der Waals surface area contributed by atoms with E-state index < -0.39 is 5.97 Å². The van der Waals surface area contributed by atoms with Crippen molar-refractivity contribution >= 4 is 17.8 Å². The Labute approximate surface area is 214 Å². The van der Waals surface area contributed by atoms with Crippen LogP contribution in [0.3, 0.4) is 0 Å². The largest absolute Gasteiger partial charge is 0.480 e. The summed E-state index contributed by atoms with van der Waals surface area (Å²) in [7, 11) is 0. The molecule has 0 aromatic rings. The van der Waals surface area contributed by atoms with Gasteiger partial charge in [0.1, 0.15) is 12.6 Å². The van der Waals surface area contributed by atoms with E-state index >= 15 is 0 Å². The van der Waals surface area contributed by atoms with E-state index in [1.54, 1.807) is 0 Å². The predicted octanol–water partition coefficient (Wildman–Crippen LogP) is 7.27. The summed E-state index contributed by atoms with van der Waals surface area (Å²) in [6.07, 6.45) is 26.0. The summed E-state index contributed by atoms with van der Waals surface area (Å²) < 4.78 is 5.77. The number of ether oxygens (including phenoxy) is 1. The Kier molecular flexibility index (Phi) is 23.5. The summed E-state index contributed by atoms with van der Waals surface area (Å²) in [5, 5.41) is 11.0. The number of nitrogens with one attached hydrogen (secondary N) is 1. The predicted molar refractivity (Wildman–Crippen MR) is 143 cm³/mol. The van der Waals surface area contributed by atoms with Gasteiger partial charge in [-0.1, -0.05) is 96.3 Å². The number of carboxylic acid groups (broad SMARTS) is 1. The molecule has 0 bridgehead atoms. The molecule has 35 heavy (non-hydrogen) atoms. The van der Waals surface area contributed by atoms with E-state index in [0.29, 0.717) is 12.8 Å². The fourth-order valence-electron chi connectivity index (χ4n) is 3.74. The number of hydrogen-bond donors (Lipinski definition) is 2. The molecule has 0 aliphatic carbocycles. The fraction of sp³-hybridized carbons (Fsp3) is 0.759. The first kappa shape index (κ1) is 32.9. The first-order valence-corrected chi connectivity index (χ1v) is 14.0. The standard InChI is InChI=1S/C29H51NO5/c1-3-5-7-9-11-13-17-21-26(35-29(34)24-20-14-12-10-8-6-4-2)22-18-15-16-19-23-27(31)30-25-28(32)33/h9,11,17,21,26H,3-8,10,12-16,18-20,22-25H2,1-2H3,(H,30,31)(H,32,33)/b11-9-,21-17-. The Bertz CT molecular complexity index is 600. The molecule has 0 saturated heterocycles. The highest BCUT2D eigenvalue weighted by Gasteiger charge is 2.11.